The maximum absolute atomic E-state index is 14.8. The highest BCUT2D eigenvalue weighted by Crippen LogP contribution is 2.38. The Bertz CT molecular complexity index is 1170. The number of hydrogen-bond acceptors (Lipinski definition) is 7. The Morgan fingerprint density at radius 1 is 1.27 bits per heavy atom. The minimum Gasteiger partial charge on any atom is -0.465 e. The van der Waals surface area contributed by atoms with Gasteiger partial charge in [-0.1, -0.05) is 13.8 Å². The van der Waals surface area contributed by atoms with Crippen molar-refractivity contribution in [2.45, 2.75) is 50.1 Å². The van der Waals surface area contributed by atoms with Gasteiger partial charge in [-0.05, 0) is 43.4 Å². The van der Waals surface area contributed by atoms with Gasteiger partial charge in [-0.2, -0.15) is 0 Å². The number of nitrogens with one attached hydrogen (secondary N) is 1. The summed E-state index contributed by atoms with van der Waals surface area (Å²) in [5.41, 5.74) is 1.13. The molecule has 1 aromatic carbocycles. The van der Waals surface area contributed by atoms with Crippen LogP contribution in [-0.4, -0.2) is 65.9 Å². The van der Waals surface area contributed by atoms with E-state index in [1.54, 1.807) is 4.90 Å². The molecule has 9 nitrogen and oxygen atoms in total. The molecule has 3 heterocycles. The highest BCUT2D eigenvalue weighted by molar-refractivity contribution is 7.90. The van der Waals surface area contributed by atoms with E-state index in [0.29, 0.717) is 44.0 Å². The zero-order valence-electron chi connectivity index (χ0n) is 18.8. The monoisotopic (exact) mass is 477 g/mol. The Balaban J connectivity index is 1.56. The third kappa shape index (κ3) is 4.59. The number of nitrogens with zero attached hydrogens (tertiary/aromatic N) is 4. The molecule has 178 valence electrons. The standard InChI is InChI=1S/C22H28FN5O4S/c1-13(2)19-10-14(6-8-28(19)22(29)30)26-20-16-7-9-27(21(16)25-12-24-20)18-5-4-15(11-17(18)23)33(3,31)32/h4-5,11-14,19H,6-10H2,1-3H3,(H,29,30)(H,24,25,26). The summed E-state index contributed by atoms with van der Waals surface area (Å²) in [5.74, 6) is 0.823. The summed E-state index contributed by atoms with van der Waals surface area (Å²) in [6, 6.07) is 3.87. The zero-order valence-corrected chi connectivity index (χ0v) is 19.6. The second kappa shape index (κ2) is 8.77. The number of aromatic nitrogens is 2. The second-order valence-electron chi connectivity index (χ2n) is 8.96. The number of anilines is 3. The van der Waals surface area contributed by atoms with Crippen molar-refractivity contribution < 1.29 is 22.7 Å². The molecule has 11 heteroatoms. The molecule has 0 spiro atoms. The van der Waals surface area contributed by atoms with Gasteiger partial charge in [0.2, 0.25) is 0 Å². The molecule has 0 bridgehead atoms. The van der Waals surface area contributed by atoms with Crippen LogP contribution in [0.1, 0.15) is 32.3 Å². The van der Waals surface area contributed by atoms with Gasteiger partial charge in [0, 0.05) is 37.0 Å². The van der Waals surface area contributed by atoms with Gasteiger partial charge in [0.15, 0.2) is 9.84 Å². The van der Waals surface area contributed by atoms with E-state index < -0.39 is 21.7 Å². The highest BCUT2D eigenvalue weighted by atomic mass is 32.2. The Morgan fingerprint density at radius 2 is 2.03 bits per heavy atom. The lowest BCUT2D eigenvalue weighted by Gasteiger charge is -2.40. The highest BCUT2D eigenvalue weighted by Gasteiger charge is 2.35. The van der Waals surface area contributed by atoms with Gasteiger partial charge >= 0.3 is 6.09 Å². The number of piperidine rings is 1. The second-order valence-corrected chi connectivity index (χ2v) is 11.0. The number of carboxylic acid groups (broad SMARTS) is 1. The average Bonchev–Trinajstić information content (AvgIpc) is 3.17. The van der Waals surface area contributed by atoms with Crippen molar-refractivity contribution in [3.63, 3.8) is 0 Å². The maximum Gasteiger partial charge on any atom is 0.407 e. The normalized spacial score (nSPS) is 20.8. The maximum atomic E-state index is 14.8. The first-order valence-corrected chi connectivity index (χ1v) is 12.8. The van der Waals surface area contributed by atoms with Crippen molar-refractivity contribution in [3.05, 3.63) is 35.9 Å². The Morgan fingerprint density at radius 3 is 2.67 bits per heavy atom. The van der Waals surface area contributed by atoms with Crippen molar-refractivity contribution >= 4 is 33.3 Å². The van der Waals surface area contributed by atoms with Crippen molar-refractivity contribution in [1.82, 2.24) is 14.9 Å². The molecule has 0 aliphatic carbocycles. The fourth-order valence-electron chi connectivity index (χ4n) is 4.68. The molecule has 2 aliphatic heterocycles. The van der Waals surface area contributed by atoms with E-state index in [-0.39, 0.29) is 28.6 Å². The molecule has 4 rings (SSSR count). The molecule has 2 unspecified atom stereocenters. The van der Waals surface area contributed by atoms with E-state index in [2.05, 4.69) is 15.3 Å². The summed E-state index contributed by atoms with van der Waals surface area (Å²) >= 11 is 0. The summed E-state index contributed by atoms with van der Waals surface area (Å²) in [6.07, 6.45) is 3.52. The van der Waals surface area contributed by atoms with Crippen LogP contribution in [0.4, 0.5) is 26.5 Å². The van der Waals surface area contributed by atoms with Gasteiger partial charge in [0.25, 0.3) is 0 Å². The Hall–Kier alpha value is -2.95. The Labute approximate surface area is 192 Å². The molecule has 0 radical (unpaired) electrons. The number of hydrogen-bond donors (Lipinski definition) is 2. The smallest absolute Gasteiger partial charge is 0.407 e. The van der Waals surface area contributed by atoms with Gasteiger partial charge in [0.1, 0.15) is 23.8 Å². The number of sulfone groups is 1. The topological polar surface area (TPSA) is 116 Å². The summed E-state index contributed by atoms with van der Waals surface area (Å²) < 4.78 is 38.3. The fourth-order valence-corrected chi connectivity index (χ4v) is 5.32. The summed E-state index contributed by atoms with van der Waals surface area (Å²) in [6.45, 7) is 4.98. The van der Waals surface area contributed by atoms with E-state index in [1.807, 2.05) is 13.8 Å². The minimum absolute atomic E-state index is 0.0619. The molecule has 0 saturated carbocycles. The van der Waals surface area contributed by atoms with Crippen LogP contribution in [0.5, 0.6) is 0 Å². The van der Waals surface area contributed by atoms with Crippen LogP contribution < -0.4 is 10.2 Å². The summed E-state index contributed by atoms with van der Waals surface area (Å²) in [5, 5.41) is 13.0. The number of rotatable bonds is 5. The SMILES string of the molecule is CC(C)C1CC(Nc2ncnc3c2CCN3c2ccc(S(C)(=O)=O)cc2F)CCN1C(=O)O. The van der Waals surface area contributed by atoms with E-state index in [4.69, 9.17) is 0 Å². The predicted molar refractivity (Wildman–Crippen MR) is 122 cm³/mol. The molecule has 2 atom stereocenters. The number of amides is 1. The molecule has 2 aliphatic rings. The van der Waals surface area contributed by atoms with Crippen molar-refractivity contribution in [1.29, 1.82) is 0 Å². The quantitative estimate of drug-likeness (QED) is 0.674. The molecule has 33 heavy (non-hydrogen) atoms. The van der Waals surface area contributed by atoms with Crippen molar-refractivity contribution in [2.75, 3.05) is 29.6 Å². The fraction of sp³-hybridized carbons (Fsp3) is 0.500. The number of carbonyl (C=O) groups is 1. The van der Waals surface area contributed by atoms with Crippen molar-refractivity contribution in [2.24, 2.45) is 5.92 Å². The van der Waals surface area contributed by atoms with E-state index in [9.17, 15) is 22.7 Å². The van der Waals surface area contributed by atoms with Crippen LogP contribution in [0.15, 0.2) is 29.4 Å². The molecule has 1 fully saturated rings. The van der Waals surface area contributed by atoms with Crippen LogP contribution in [0, 0.1) is 11.7 Å². The van der Waals surface area contributed by atoms with Gasteiger partial charge in [-0.15, -0.1) is 0 Å². The molecular weight excluding hydrogens is 449 g/mol. The first-order valence-electron chi connectivity index (χ1n) is 10.9. The third-order valence-corrected chi connectivity index (χ3v) is 7.51. The molecule has 1 amide bonds. The molecular formula is C22H28FN5O4S. The first kappa shape index (κ1) is 23.2. The van der Waals surface area contributed by atoms with Gasteiger partial charge < -0.3 is 20.2 Å². The lowest BCUT2D eigenvalue weighted by Crippen LogP contribution is -2.51. The average molecular weight is 478 g/mol. The predicted octanol–water partition coefficient (Wildman–Crippen LogP) is 3.29. The van der Waals surface area contributed by atoms with E-state index in [1.165, 1.54) is 23.4 Å². The number of benzene rings is 1. The first-order chi connectivity index (χ1) is 15.6. The lowest BCUT2D eigenvalue weighted by atomic mass is 9.90. The van der Waals surface area contributed by atoms with Crippen LogP contribution in [0.3, 0.4) is 0 Å². The van der Waals surface area contributed by atoms with Crippen LogP contribution in [-0.2, 0) is 16.3 Å². The zero-order chi connectivity index (χ0) is 23.9. The van der Waals surface area contributed by atoms with Crippen LogP contribution >= 0.6 is 0 Å². The van der Waals surface area contributed by atoms with Gasteiger partial charge in [-0.3, -0.25) is 0 Å². The van der Waals surface area contributed by atoms with E-state index in [0.717, 1.165) is 17.9 Å². The largest absolute Gasteiger partial charge is 0.465 e. The van der Waals surface area contributed by atoms with Gasteiger partial charge in [-0.25, -0.2) is 27.6 Å². The number of fused-ring (bicyclic) bond motifs is 1. The molecule has 2 N–H and O–H groups in total. The number of likely N-dealkylation sites (tertiary alicyclic amines) is 1. The minimum atomic E-state index is -3.50. The summed E-state index contributed by atoms with van der Waals surface area (Å²) in [4.78, 5) is 23.5. The summed E-state index contributed by atoms with van der Waals surface area (Å²) in [7, 11) is -3.50. The molecule has 1 aromatic heterocycles. The van der Waals surface area contributed by atoms with E-state index >= 15 is 0 Å². The van der Waals surface area contributed by atoms with Crippen LogP contribution in [0.2, 0.25) is 0 Å². The van der Waals surface area contributed by atoms with Crippen molar-refractivity contribution in [3.8, 4) is 0 Å². The lowest BCUT2D eigenvalue weighted by molar-refractivity contribution is 0.0857. The third-order valence-electron chi connectivity index (χ3n) is 6.40. The Kier molecular flexibility index (Phi) is 6.17. The molecule has 1 saturated heterocycles. The number of halogens is 1. The molecule has 2 aromatic rings. The van der Waals surface area contributed by atoms with Crippen LogP contribution in [0.25, 0.3) is 0 Å². The van der Waals surface area contributed by atoms with Gasteiger partial charge in [0.05, 0.1) is 10.6 Å².